The lowest BCUT2D eigenvalue weighted by molar-refractivity contribution is -0.125. The molecule has 1 aromatic carbocycles. The Bertz CT molecular complexity index is 589. The number of rotatable bonds is 7. The number of benzene rings is 1. The van der Waals surface area contributed by atoms with Crippen LogP contribution in [0, 0.1) is 0 Å². The topological polar surface area (TPSA) is 92.5 Å². The highest BCUT2D eigenvalue weighted by Gasteiger charge is 2.30. The lowest BCUT2D eigenvalue weighted by Crippen LogP contribution is -2.43. The van der Waals surface area contributed by atoms with Crippen molar-refractivity contribution < 1.29 is 13.2 Å². The molecule has 1 aliphatic rings. The maximum Gasteiger partial charge on any atom is 0.237 e. The number of carbonyl (C=O) groups is 1. The standard InChI is InChI=1S/C15H23N3O3S/c16-22(20,21)11-5-9-17-15(19)14-8-4-10-18(14)12-13-6-2-1-3-7-13/h1-3,6-7,14H,4-5,8-12H2,(H,17,19)(H2,16,20,21)/t14-/m0/s1. The average Bonchev–Trinajstić information content (AvgIpc) is 2.92. The predicted octanol–water partition coefficient (Wildman–Crippen LogP) is 0.446. The van der Waals surface area contributed by atoms with Crippen molar-refractivity contribution in [2.75, 3.05) is 18.8 Å². The highest BCUT2D eigenvalue weighted by Crippen LogP contribution is 2.20. The van der Waals surface area contributed by atoms with Crippen molar-refractivity contribution in [3.05, 3.63) is 35.9 Å². The Balaban J connectivity index is 1.81. The number of sulfonamides is 1. The summed E-state index contributed by atoms with van der Waals surface area (Å²) in [5.41, 5.74) is 1.19. The summed E-state index contributed by atoms with van der Waals surface area (Å²) in [4.78, 5) is 14.4. The molecular weight excluding hydrogens is 302 g/mol. The molecule has 2 rings (SSSR count). The van der Waals surface area contributed by atoms with E-state index in [2.05, 4.69) is 22.3 Å². The molecule has 1 amide bonds. The first-order valence-electron chi connectivity index (χ1n) is 7.52. The summed E-state index contributed by atoms with van der Waals surface area (Å²) in [6, 6.07) is 9.94. The molecule has 0 radical (unpaired) electrons. The zero-order chi connectivity index (χ0) is 16.0. The predicted molar refractivity (Wildman–Crippen MR) is 85.5 cm³/mol. The quantitative estimate of drug-likeness (QED) is 0.712. The van der Waals surface area contributed by atoms with Gasteiger partial charge in [0.2, 0.25) is 15.9 Å². The summed E-state index contributed by atoms with van der Waals surface area (Å²) >= 11 is 0. The largest absolute Gasteiger partial charge is 0.355 e. The van der Waals surface area contributed by atoms with Crippen LogP contribution < -0.4 is 10.5 Å². The van der Waals surface area contributed by atoms with Gasteiger partial charge in [-0.05, 0) is 31.4 Å². The summed E-state index contributed by atoms with van der Waals surface area (Å²) in [6.07, 6.45) is 2.19. The number of likely N-dealkylation sites (tertiary alicyclic amines) is 1. The number of amides is 1. The molecule has 7 heteroatoms. The van der Waals surface area contributed by atoms with Crippen molar-refractivity contribution in [2.45, 2.75) is 31.8 Å². The molecule has 0 aromatic heterocycles. The summed E-state index contributed by atoms with van der Waals surface area (Å²) in [5, 5.41) is 7.75. The van der Waals surface area contributed by atoms with Crippen LogP contribution in [0.1, 0.15) is 24.8 Å². The maximum atomic E-state index is 12.2. The summed E-state index contributed by atoms with van der Waals surface area (Å²) in [7, 11) is -3.45. The third-order valence-electron chi connectivity index (χ3n) is 3.80. The molecular formula is C15H23N3O3S. The van der Waals surface area contributed by atoms with Crippen LogP contribution in [0.15, 0.2) is 30.3 Å². The number of nitrogens with one attached hydrogen (secondary N) is 1. The Labute approximate surface area is 131 Å². The lowest BCUT2D eigenvalue weighted by Gasteiger charge is -2.23. The van der Waals surface area contributed by atoms with Gasteiger partial charge in [0.25, 0.3) is 0 Å². The number of hydrogen-bond acceptors (Lipinski definition) is 4. The Kier molecular flexibility index (Phi) is 5.93. The first-order chi connectivity index (χ1) is 10.5. The van der Waals surface area contributed by atoms with Gasteiger partial charge in [0.1, 0.15) is 0 Å². The summed E-state index contributed by atoms with van der Waals surface area (Å²) in [6.45, 7) is 2.01. The number of nitrogens with zero attached hydrogens (tertiary/aromatic N) is 1. The molecule has 1 aliphatic heterocycles. The van der Waals surface area contributed by atoms with Crippen LogP contribution in [0.5, 0.6) is 0 Å². The van der Waals surface area contributed by atoms with Gasteiger partial charge >= 0.3 is 0 Å². The van der Waals surface area contributed by atoms with Crippen LogP contribution in [-0.2, 0) is 21.4 Å². The Morgan fingerprint density at radius 1 is 1.32 bits per heavy atom. The first kappa shape index (κ1) is 16.9. The third kappa shape index (κ3) is 5.40. The zero-order valence-corrected chi connectivity index (χ0v) is 13.4. The van der Waals surface area contributed by atoms with E-state index in [0.717, 1.165) is 25.9 Å². The third-order valence-corrected chi connectivity index (χ3v) is 4.66. The Hall–Kier alpha value is -1.44. The molecule has 0 spiro atoms. The van der Waals surface area contributed by atoms with Gasteiger partial charge < -0.3 is 5.32 Å². The Morgan fingerprint density at radius 3 is 2.73 bits per heavy atom. The maximum absolute atomic E-state index is 12.2. The molecule has 1 atom stereocenters. The molecule has 0 bridgehead atoms. The van der Waals surface area contributed by atoms with E-state index in [9.17, 15) is 13.2 Å². The van der Waals surface area contributed by atoms with Crippen molar-refractivity contribution in [1.82, 2.24) is 10.2 Å². The van der Waals surface area contributed by atoms with Crippen LogP contribution in [-0.4, -0.2) is 44.1 Å². The lowest BCUT2D eigenvalue weighted by atomic mass is 10.1. The Morgan fingerprint density at radius 2 is 2.05 bits per heavy atom. The molecule has 6 nitrogen and oxygen atoms in total. The van der Waals surface area contributed by atoms with E-state index < -0.39 is 10.0 Å². The van der Waals surface area contributed by atoms with Crippen molar-refractivity contribution >= 4 is 15.9 Å². The SMILES string of the molecule is NS(=O)(=O)CCCNC(=O)[C@@H]1CCCN1Cc1ccccc1. The van der Waals surface area contributed by atoms with Crippen LogP contribution in [0.3, 0.4) is 0 Å². The van der Waals surface area contributed by atoms with Gasteiger partial charge in [0.05, 0.1) is 11.8 Å². The van der Waals surface area contributed by atoms with Gasteiger partial charge in [0.15, 0.2) is 0 Å². The van der Waals surface area contributed by atoms with Gasteiger partial charge in [-0.15, -0.1) is 0 Å². The second kappa shape index (κ2) is 7.71. The van der Waals surface area contributed by atoms with Crippen molar-refractivity contribution in [3.8, 4) is 0 Å². The van der Waals surface area contributed by atoms with Crippen molar-refractivity contribution in [1.29, 1.82) is 0 Å². The van der Waals surface area contributed by atoms with E-state index in [-0.39, 0.29) is 17.7 Å². The fourth-order valence-electron chi connectivity index (χ4n) is 2.73. The van der Waals surface area contributed by atoms with E-state index in [1.807, 2.05) is 18.2 Å². The highest BCUT2D eigenvalue weighted by molar-refractivity contribution is 7.89. The minimum atomic E-state index is -3.45. The van der Waals surface area contributed by atoms with E-state index >= 15 is 0 Å². The molecule has 122 valence electrons. The van der Waals surface area contributed by atoms with Crippen LogP contribution in [0.4, 0.5) is 0 Å². The molecule has 1 saturated heterocycles. The highest BCUT2D eigenvalue weighted by atomic mass is 32.2. The monoisotopic (exact) mass is 325 g/mol. The van der Waals surface area contributed by atoms with Crippen molar-refractivity contribution in [3.63, 3.8) is 0 Å². The average molecular weight is 325 g/mol. The normalized spacial score (nSPS) is 19.2. The minimum Gasteiger partial charge on any atom is -0.355 e. The first-order valence-corrected chi connectivity index (χ1v) is 9.23. The molecule has 1 fully saturated rings. The fourth-order valence-corrected chi connectivity index (χ4v) is 3.28. The van der Waals surface area contributed by atoms with Gasteiger partial charge in [0, 0.05) is 13.1 Å². The second-order valence-corrected chi connectivity index (χ2v) is 7.36. The van der Waals surface area contributed by atoms with Gasteiger partial charge in [-0.1, -0.05) is 30.3 Å². The number of nitrogens with two attached hydrogens (primary N) is 1. The van der Waals surface area contributed by atoms with Crippen molar-refractivity contribution in [2.24, 2.45) is 5.14 Å². The zero-order valence-electron chi connectivity index (χ0n) is 12.6. The number of primary sulfonamides is 1. The van der Waals surface area contributed by atoms with Crippen LogP contribution in [0.25, 0.3) is 0 Å². The molecule has 3 N–H and O–H groups in total. The molecule has 0 saturated carbocycles. The molecule has 1 aromatic rings. The minimum absolute atomic E-state index is 0.0251. The number of carbonyl (C=O) groups excluding carboxylic acids is 1. The van der Waals surface area contributed by atoms with E-state index in [1.165, 1.54) is 5.56 Å². The number of hydrogen-bond donors (Lipinski definition) is 2. The van der Waals surface area contributed by atoms with E-state index in [0.29, 0.717) is 13.0 Å². The van der Waals surface area contributed by atoms with E-state index in [1.54, 1.807) is 0 Å². The van der Waals surface area contributed by atoms with Crippen LogP contribution >= 0.6 is 0 Å². The molecule has 1 heterocycles. The van der Waals surface area contributed by atoms with Gasteiger partial charge in [-0.3, -0.25) is 9.69 Å². The van der Waals surface area contributed by atoms with E-state index in [4.69, 9.17) is 5.14 Å². The smallest absolute Gasteiger partial charge is 0.237 e. The summed E-state index contributed by atoms with van der Waals surface area (Å²) in [5.74, 6) is -0.131. The molecule has 22 heavy (non-hydrogen) atoms. The summed E-state index contributed by atoms with van der Waals surface area (Å²) < 4.78 is 21.7. The van der Waals surface area contributed by atoms with Gasteiger partial charge in [-0.25, -0.2) is 13.6 Å². The molecule has 0 unspecified atom stereocenters. The van der Waals surface area contributed by atoms with Crippen LogP contribution in [0.2, 0.25) is 0 Å². The van der Waals surface area contributed by atoms with Gasteiger partial charge in [-0.2, -0.15) is 0 Å². The fraction of sp³-hybridized carbons (Fsp3) is 0.533. The second-order valence-electron chi connectivity index (χ2n) is 5.63. The molecule has 0 aliphatic carbocycles.